The summed E-state index contributed by atoms with van der Waals surface area (Å²) in [5.41, 5.74) is 7.32. The predicted octanol–water partition coefficient (Wildman–Crippen LogP) is 0.453. The predicted molar refractivity (Wildman–Crippen MR) is 57.2 cm³/mol. The third kappa shape index (κ3) is 2.61. The smallest absolute Gasteiger partial charge is 0.298 e. The second-order valence-electron chi connectivity index (χ2n) is 2.90. The number of nitrogen functional groups attached to an aromatic ring is 1. The molecular weight excluding hydrogens is 202 g/mol. The summed E-state index contributed by atoms with van der Waals surface area (Å²) in [6.45, 7) is 1.86. The molecule has 0 bridgehead atoms. The van der Waals surface area contributed by atoms with Gasteiger partial charge in [-0.05, 0) is 24.6 Å². The second-order valence-corrected chi connectivity index (χ2v) is 4.52. The van der Waals surface area contributed by atoms with Crippen molar-refractivity contribution in [2.45, 2.75) is 6.92 Å². The van der Waals surface area contributed by atoms with Gasteiger partial charge in [0.1, 0.15) is 0 Å². The number of rotatable bonds is 3. The molecule has 78 valence electrons. The van der Waals surface area contributed by atoms with Gasteiger partial charge in [0.05, 0.1) is 11.4 Å². The quantitative estimate of drug-likeness (QED) is 0.640. The maximum absolute atomic E-state index is 11.2. The number of aryl methyl sites for hydroxylation is 1. The number of anilines is 2. The van der Waals surface area contributed by atoms with Crippen molar-refractivity contribution in [2.24, 2.45) is 0 Å². The lowest BCUT2D eigenvalue weighted by Crippen LogP contribution is -2.26. The molecule has 0 heterocycles. The molecule has 5 nitrogen and oxygen atoms in total. The first-order chi connectivity index (χ1) is 6.44. The molecule has 1 rings (SSSR count). The van der Waals surface area contributed by atoms with Crippen molar-refractivity contribution in [1.82, 2.24) is 4.72 Å². The van der Waals surface area contributed by atoms with Crippen LogP contribution in [0.2, 0.25) is 0 Å². The van der Waals surface area contributed by atoms with E-state index in [1.807, 2.05) is 13.0 Å². The van der Waals surface area contributed by atoms with E-state index < -0.39 is 10.2 Å². The molecule has 0 unspecified atom stereocenters. The SMILES string of the molecule is CNS(=O)(=O)Nc1cc(C)ccc1N. The minimum Gasteiger partial charge on any atom is -0.397 e. The molecule has 1 aromatic carbocycles. The zero-order valence-electron chi connectivity index (χ0n) is 8.03. The number of nitrogens with two attached hydrogens (primary N) is 1. The van der Waals surface area contributed by atoms with E-state index in [0.29, 0.717) is 11.4 Å². The van der Waals surface area contributed by atoms with Gasteiger partial charge >= 0.3 is 0 Å². The van der Waals surface area contributed by atoms with E-state index in [9.17, 15) is 8.42 Å². The van der Waals surface area contributed by atoms with Crippen LogP contribution in [-0.2, 0) is 10.2 Å². The van der Waals surface area contributed by atoms with Gasteiger partial charge in [-0.15, -0.1) is 0 Å². The van der Waals surface area contributed by atoms with E-state index >= 15 is 0 Å². The van der Waals surface area contributed by atoms with Gasteiger partial charge in [0.15, 0.2) is 0 Å². The average Bonchev–Trinajstić information content (AvgIpc) is 2.11. The van der Waals surface area contributed by atoms with Gasteiger partial charge in [-0.1, -0.05) is 6.07 Å². The monoisotopic (exact) mass is 215 g/mol. The van der Waals surface area contributed by atoms with E-state index in [-0.39, 0.29) is 0 Å². The highest BCUT2D eigenvalue weighted by molar-refractivity contribution is 7.90. The topological polar surface area (TPSA) is 84.2 Å². The molecule has 0 aliphatic rings. The second kappa shape index (κ2) is 3.85. The third-order valence-corrected chi connectivity index (χ3v) is 2.75. The van der Waals surface area contributed by atoms with Gasteiger partial charge in [0.2, 0.25) is 0 Å². The Bertz CT molecular complexity index is 428. The molecule has 0 atom stereocenters. The van der Waals surface area contributed by atoms with Gasteiger partial charge in [-0.2, -0.15) is 8.42 Å². The van der Waals surface area contributed by atoms with E-state index in [0.717, 1.165) is 5.56 Å². The van der Waals surface area contributed by atoms with Crippen molar-refractivity contribution in [1.29, 1.82) is 0 Å². The maximum atomic E-state index is 11.2. The van der Waals surface area contributed by atoms with E-state index in [1.54, 1.807) is 12.1 Å². The van der Waals surface area contributed by atoms with Gasteiger partial charge in [-0.25, -0.2) is 4.72 Å². The van der Waals surface area contributed by atoms with Crippen LogP contribution in [0, 0.1) is 6.92 Å². The summed E-state index contributed by atoms with van der Waals surface area (Å²) in [7, 11) is -2.16. The molecule has 0 aromatic heterocycles. The van der Waals surface area contributed by atoms with Crippen LogP contribution in [0.1, 0.15) is 5.56 Å². The summed E-state index contributed by atoms with van der Waals surface area (Å²) >= 11 is 0. The van der Waals surface area contributed by atoms with Crippen molar-refractivity contribution < 1.29 is 8.42 Å². The Kier molecular flexibility index (Phi) is 2.97. The van der Waals surface area contributed by atoms with Crippen LogP contribution in [0.25, 0.3) is 0 Å². The lowest BCUT2D eigenvalue weighted by molar-refractivity contribution is 0.593. The van der Waals surface area contributed by atoms with Crippen LogP contribution in [0.5, 0.6) is 0 Å². The molecule has 4 N–H and O–H groups in total. The summed E-state index contributed by atoms with van der Waals surface area (Å²) in [5, 5.41) is 0. The van der Waals surface area contributed by atoms with Crippen molar-refractivity contribution in [3.8, 4) is 0 Å². The number of hydrogen-bond donors (Lipinski definition) is 3. The Hall–Kier alpha value is -1.27. The fraction of sp³-hybridized carbons (Fsp3) is 0.250. The Morgan fingerprint density at radius 2 is 2.00 bits per heavy atom. The van der Waals surface area contributed by atoms with Crippen LogP contribution in [-0.4, -0.2) is 15.5 Å². The normalized spacial score (nSPS) is 11.3. The van der Waals surface area contributed by atoms with Crippen LogP contribution >= 0.6 is 0 Å². The van der Waals surface area contributed by atoms with Crippen LogP contribution in [0.4, 0.5) is 11.4 Å². The summed E-state index contributed by atoms with van der Waals surface area (Å²) in [4.78, 5) is 0. The van der Waals surface area contributed by atoms with E-state index in [4.69, 9.17) is 5.73 Å². The van der Waals surface area contributed by atoms with Crippen LogP contribution in [0.3, 0.4) is 0 Å². The summed E-state index contributed by atoms with van der Waals surface area (Å²) < 4.78 is 26.8. The highest BCUT2D eigenvalue weighted by Crippen LogP contribution is 2.20. The number of hydrogen-bond acceptors (Lipinski definition) is 3. The lowest BCUT2D eigenvalue weighted by Gasteiger charge is -2.09. The Morgan fingerprint density at radius 3 is 2.57 bits per heavy atom. The van der Waals surface area contributed by atoms with Crippen molar-refractivity contribution in [3.63, 3.8) is 0 Å². The highest BCUT2D eigenvalue weighted by atomic mass is 32.2. The summed E-state index contributed by atoms with van der Waals surface area (Å²) in [5.74, 6) is 0. The largest absolute Gasteiger partial charge is 0.397 e. The molecule has 1 aromatic rings. The first-order valence-electron chi connectivity index (χ1n) is 4.02. The third-order valence-electron chi connectivity index (χ3n) is 1.72. The van der Waals surface area contributed by atoms with Crippen LogP contribution in [0.15, 0.2) is 18.2 Å². The lowest BCUT2D eigenvalue weighted by atomic mass is 10.2. The minimum absolute atomic E-state index is 0.388. The molecular formula is C8H13N3O2S. The minimum atomic E-state index is -3.49. The molecule has 14 heavy (non-hydrogen) atoms. The average molecular weight is 215 g/mol. The Morgan fingerprint density at radius 1 is 1.36 bits per heavy atom. The van der Waals surface area contributed by atoms with Crippen molar-refractivity contribution in [3.05, 3.63) is 23.8 Å². The maximum Gasteiger partial charge on any atom is 0.298 e. The molecule has 0 aliphatic carbocycles. The molecule has 0 saturated carbocycles. The zero-order chi connectivity index (χ0) is 10.8. The number of benzene rings is 1. The fourth-order valence-corrected chi connectivity index (χ4v) is 1.52. The molecule has 0 amide bonds. The summed E-state index contributed by atoms with van der Waals surface area (Å²) in [6, 6.07) is 5.14. The standard InChI is InChI=1S/C8H13N3O2S/c1-6-3-4-7(9)8(5-6)11-14(12,13)10-2/h3-5,10-11H,9H2,1-2H3. The molecule has 0 spiro atoms. The zero-order valence-corrected chi connectivity index (χ0v) is 8.85. The molecule has 0 radical (unpaired) electrons. The molecule has 0 aliphatic heterocycles. The highest BCUT2D eigenvalue weighted by Gasteiger charge is 2.08. The number of nitrogens with one attached hydrogen (secondary N) is 2. The van der Waals surface area contributed by atoms with Gasteiger partial charge in [0.25, 0.3) is 10.2 Å². The van der Waals surface area contributed by atoms with Crippen LogP contribution < -0.4 is 15.2 Å². The Balaban J connectivity index is 3.03. The first-order valence-corrected chi connectivity index (χ1v) is 5.50. The molecule has 0 fully saturated rings. The van der Waals surface area contributed by atoms with Crippen molar-refractivity contribution >= 4 is 21.6 Å². The first kappa shape index (κ1) is 10.8. The van der Waals surface area contributed by atoms with E-state index in [1.165, 1.54) is 7.05 Å². The van der Waals surface area contributed by atoms with Crippen molar-refractivity contribution in [2.75, 3.05) is 17.5 Å². The Labute approximate surface area is 83.5 Å². The molecule has 6 heteroatoms. The summed E-state index contributed by atoms with van der Waals surface area (Å²) in [6.07, 6.45) is 0. The van der Waals surface area contributed by atoms with Gasteiger partial charge in [0, 0.05) is 7.05 Å². The van der Waals surface area contributed by atoms with Gasteiger partial charge in [-0.3, -0.25) is 4.72 Å². The molecule has 0 saturated heterocycles. The van der Waals surface area contributed by atoms with E-state index in [2.05, 4.69) is 9.44 Å². The van der Waals surface area contributed by atoms with Gasteiger partial charge < -0.3 is 5.73 Å². The fourth-order valence-electron chi connectivity index (χ4n) is 0.954.